The summed E-state index contributed by atoms with van der Waals surface area (Å²) in [7, 11) is 1.68. The van der Waals surface area contributed by atoms with Gasteiger partial charge >= 0.3 is 0 Å². The minimum Gasteiger partial charge on any atom is -0.377 e. The molecule has 0 aliphatic rings. The van der Waals surface area contributed by atoms with Crippen LogP contribution < -0.4 is 0 Å². The number of nitrogens with zero attached hydrogens (tertiary/aromatic N) is 1. The maximum Gasteiger partial charge on any atom is 0.163 e. The van der Waals surface area contributed by atoms with Crippen LogP contribution in [0, 0.1) is 0 Å². The highest BCUT2D eigenvalue weighted by Gasteiger charge is 2.16. The second kappa shape index (κ2) is 7.60. The molecule has 0 aliphatic heterocycles. The number of hydrogen-bond acceptors (Lipinski definition) is 4. The van der Waals surface area contributed by atoms with Crippen LogP contribution in [-0.2, 0) is 4.74 Å². The molecular weight excluding hydrogens is 318 g/mol. The van der Waals surface area contributed by atoms with Crippen LogP contribution in [0.2, 0.25) is 0 Å². The third-order valence-corrected chi connectivity index (χ3v) is 4.50. The molecule has 3 rings (SSSR count). The van der Waals surface area contributed by atoms with Gasteiger partial charge in [0.1, 0.15) is 0 Å². The average molecular weight is 337 g/mol. The number of pyridine rings is 1. The molecule has 3 aromatic rings. The summed E-state index contributed by atoms with van der Waals surface area (Å²) in [5.41, 5.74) is 2.54. The van der Waals surface area contributed by atoms with Crippen LogP contribution in [0.25, 0.3) is 10.9 Å². The Labute approximate surface area is 147 Å². The number of benzene rings is 2. The van der Waals surface area contributed by atoms with Crippen LogP contribution in [0.5, 0.6) is 0 Å². The minimum atomic E-state index is -0.0799. The average Bonchev–Trinajstić information content (AvgIpc) is 2.63. The fourth-order valence-electron chi connectivity index (χ4n) is 2.89. The van der Waals surface area contributed by atoms with E-state index in [9.17, 15) is 4.79 Å². The van der Waals surface area contributed by atoms with Crippen LogP contribution in [0.3, 0.4) is 0 Å². The monoisotopic (exact) mass is 337 g/mol. The van der Waals surface area contributed by atoms with Crippen molar-refractivity contribution < 1.29 is 9.53 Å². The van der Waals surface area contributed by atoms with Crippen molar-refractivity contribution in [2.75, 3.05) is 7.11 Å². The molecule has 0 radical (unpaired) electrons. The van der Waals surface area contributed by atoms with Gasteiger partial charge in [0, 0.05) is 35.6 Å². The summed E-state index contributed by atoms with van der Waals surface area (Å²) >= 11 is 4.42. The fourth-order valence-corrected chi connectivity index (χ4v) is 3.15. The Hall–Kier alpha value is -2.17. The molecule has 0 amide bonds. The van der Waals surface area contributed by atoms with E-state index < -0.39 is 0 Å². The van der Waals surface area contributed by atoms with Crippen LogP contribution in [0.4, 0.5) is 0 Å². The molecule has 0 fully saturated rings. The van der Waals surface area contributed by atoms with Crippen LogP contribution in [0.1, 0.15) is 34.9 Å². The van der Waals surface area contributed by atoms with Crippen LogP contribution >= 0.6 is 12.6 Å². The van der Waals surface area contributed by atoms with Crippen LogP contribution in [0.15, 0.2) is 65.7 Å². The minimum absolute atomic E-state index is 0.0799. The third-order valence-electron chi connectivity index (χ3n) is 4.14. The van der Waals surface area contributed by atoms with Crippen molar-refractivity contribution >= 4 is 29.3 Å². The normalized spacial score (nSPS) is 12.2. The van der Waals surface area contributed by atoms with Gasteiger partial charge < -0.3 is 4.74 Å². The predicted octanol–water partition coefficient (Wildman–Crippen LogP) is 4.87. The number of aromatic nitrogens is 1. The molecule has 1 heterocycles. The summed E-state index contributed by atoms with van der Waals surface area (Å²) in [4.78, 5) is 17.8. The van der Waals surface area contributed by atoms with Gasteiger partial charge in [-0.25, -0.2) is 0 Å². The standard InChI is InChI=1S/C20H19NO2S/c1-23-18(14-6-3-2-4-7-14)11-10-17(22)15-12-13-21-20-16(15)8-5-9-19(20)24/h2-9,12-13,18,24H,10-11H2,1H3. The second-order valence-corrected chi connectivity index (χ2v) is 6.11. The molecule has 122 valence electrons. The van der Waals surface area contributed by atoms with E-state index in [-0.39, 0.29) is 11.9 Å². The van der Waals surface area contributed by atoms with Gasteiger partial charge in [0.05, 0.1) is 11.6 Å². The summed E-state index contributed by atoms with van der Waals surface area (Å²) in [5.74, 6) is 0.0966. The highest BCUT2D eigenvalue weighted by atomic mass is 32.1. The number of ketones is 1. The first-order valence-corrected chi connectivity index (χ1v) is 8.33. The van der Waals surface area contributed by atoms with E-state index in [4.69, 9.17) is 4.74 Å². The number of hydrogen-bond donors (Lipinski definition) is 1. The van der Waals surface area contributed by atoms with Gasteiger partial charge in [-0.3, -0.25) is 9.78 Å². The number of para-hydroxylation sites is 1. The molecule has 0 spiro atoms. The van der Waals surface area contributed by atoms with Crippen molar-refractivity contribution in [1.29, 1.82) is 0 Å². The number of Topliss-reactive ketones (excluding diaryl/α,β-unsaturated/α-hetero) is 1. The first-order chi connectivity index (χ1) is 11.7. The zero-order valence-electron chi connectivity index (χ0n) is 13.5. The molecule has 1 atom stereocenters. The number of fused-ring (bicyclic) bond motifs is 1. The molecule has 1 unspecified atom stereocenters. The lowest BCUT2D eigenvalue weighted by Crippen LogP contribution is -2.07. The van der Waals surface area contributed by atoms with Gasteiger partial charge in [0.25, 0.3) is 0 Å². The van der Waals surface area contributed by atoms with E-state index in [2.05, 4.69) is 17.6 Å². The van der Waals surface area contributed by atoms with Crippen LogP contribution in [-0.4, -0.2) is 17.9 Å². The maximum atomic E-state index is 12.7. The molecule has 0 saturated heterocycles. The van der Waals surface area contributed by atoms with Gasteiger partial charge in [-0.2, -0.15) is 0 Å². The molecule has 1 aromatic heterocycles. The van der Waals surface area contributed by atoms with Crippen molar-refractivity contribution in [3.8, 4) is 0 Å². The van der Waals surface area contributed by atoms with Gasteiger partial charge in [-0.05, 0) is 24.1 Å². The Balaban J connectivity index is 1.79. The van der Waals surface area contributed by atoms with Crippen molar-refractivity contribution in [2.24, 2.45) is 0 Å². The molecule has 0 saturated carbocycles. The van der Waals surface area contributed by atoms with Gasteiger partial charge in [-0.1, -0.05) is 42.5 Å². The molecule has 4 heteroatoms. The Morgan fingerprint density at radius 3 is 2.67 bits per heavy atom. The third kappa shape index (κ3) is 3.50. The molecule has 0 N–H and O–H groups in total. The van der Waals surface area contributed by atoms with Crippen molar-refractivity contribution in [3.63, 3.8) is 0 Å². The SMILES string of the molecule is COC(CCC(=O)c1ccnc2c(S)cccc12)c1ccccc1. The largest absolute Gasteiger partial charge is 0.377 e. The second-order valence-electron chi connectivity index (χ2n) is 5.63. The molecule has 2 aromatic carbocycles. The van der Waals surface area contributed by atoms with Gasteiger partial charge in [0.15, 0.2) is 5.78 Å². The predicted molar refractivity (Wildman–Crippen MR) is 98.8 cm³/mol. The van der Waals surface area contributed by atoms with E-state index in [1.54, 1.807) is 19.4 Å². The summed E-state index contributed by atoms with van der Waals surface area (Å²) in [6.45, 7) is 0. The number of rotatable bonds is 6. The van der Waals surface area contributed by atoms with E-state index >= 15 is 0 Å². The first kappa shape index (κ1) is 16.7. The molecular formula is C20H19NO2S. The van der Waals surface area contributed by atoms with E-state index in [0.717, 1.165) is 21.4 Å². The van der Waals surface area contributed by atoms with E-state index in [1.165, 1.54) is 0 Å². The Kier molecular flexibility index (Phi) is 5.28. The van der Waals surface area contributed by atoms with Gasteiger partial charge in [-0.15, -0.1) is 12.6 Å². The fraction of sp³-hybridized carbons (Fsp3) is 0.200. The number of thiol groups is 1. The topological polar surface area (TPSA) is 39.2 Å². The zero-order chi connectivity index (χ0) is 16.9. The molecule has 3 nitrogen and oxygen atoms in total. The van der Waals surface area contributed by atoms with Gasteiger partial charge in [0.2, 0.25) is 0 Å². The lowest BCUT2D eigenvalue weighted by molar-refractivity contribution is 0.0816. The zero-order valence-corrected chi connectivity index (χ0v) is 14.4. The number of methoxy groups -OCH3 is 1. The Morgan fingerprint density at radius 1 is 1.12 bits per heavy atom. The highest BCUT2D eigenvalue weighted by Crippen LogP contribution is 2.26. The number of carbonyl (C=O) groups excluding carboxylic acids is 1. The Morgan fingerprint density at radius 2 is 1.92 bits per heavy atom. The Bertz CT molecular complexity index is 849. The molecule has 0 bridgehead atoms. The molecule has 24 heavy (non-hydrogen) atoms. The van der Waals surface area contributed by atoms with Crippen molar-refractivity contribution in [1.82, 2.24) is 4.98 Å². The summed E-state index contributed by atoms with van der Waals surface area (Å²) in [5, 5.41) is 0.851. The smallest absolute Gasteiger partial charge is 0.163 e. The number of carbonyl (C=O) groups is 1. The van der Waals surface area contributed by atoms with E-state index in [0.29, 0.717) is 18.4 Å². The lowest BCUT2D eigenvalue weighted by Gasteiger charge is -2.15. The van der Waals surface area contributed by atoms with Crippen molar-refractivity contribution in [3.05, 3.63) is 71.9 Å². The quantitative estimate of drug-likeness (QED) is 0.515. The molecule has 0 aliphatic carbocycles. The summed E-state index contributed by atoms with van der Waals surface area (Å²) in [6.07, 6.45) is 2.65. The summed E-state index contributed by atoms with van der Waals surface area (Å²) in [6, 6.07) is 17.4. The highest BCUT2D eigenvalue weighted by molar-refractivity contribution is 7.80. The van der Waals surface area contributed by atoms with Crippen molar-refractivity contribution in [2.45, 2.75) is 23.8 Å². The lowest BCUT2D eigenvalue weighted by atomic mass is 9.98. The summed E-state index contributed by atoms with van der Waals surface area (Å²) < 4.78 is 5.55. The van der Waals surface area contributed by atoms with E-state index in [1.807, 2.05) is 48.5 Å². The first-order valence-electron chi connectivity index (χ1n) is 7.88. The maximum absolute atomic E-state index is 12.7. The number of ether oxygens (including phenoxy) is 1.